The first-order valence-corrected chi connectivity index (χ1v) is 7.40. The molecular weight excluding hydrogens is 220 g/mol. The van der Waals surface area contributed by atoms with E-state index in [4.69, 9.17) is 0 Å². The van der Waals surface area contributed by atoms with Gasteiger partial charge in [-0.2, -0.15) is 0 Å². The molecule has 2 rings (SSSR count). The fourth-order valence-electron chi connectivity index (χ4n) is 2.92. The van der Waals surface area contributed by atoms with Crippen molar-refractivity contribution in [2.75, 3.05) is 0 Å². The molecule has 0 radical (unpaired) electrons. The van der Waals surface area contributed by atoms with Crippen LogP contribution in [0.2, 0.25) is 0 Å². The van der Waals surface area contributed by atoms with E-state index in [-0.39, 0.29) is 0 Å². The van der Waals surface area contributed by atoms with Gasteiger partial charge in [0.05, 0.1) is 0 Å². The average Bonchev–Trinajstić information content (AvgIpc) is 2.66. The van der Waals surface area contributed by atoms with Crippen LogP contribution in [0, 0.1) is 5.92 Å². The highest BCUT2D eigenvalue weighted by Gasteiger charge is 2.15. The molecule has 1 nitrogen and oxygen atoms in total. The Morgan fingerprint density at radius 1 is 1.00 bits per heavy atom. The van der Waals surface area contributed by atoms with E-state index >= 15 is 0 Å². The Hall–Kier alpha value is -1.11. The summed E-state index contributed by atoms with van der Waals surface area (Å²) in [6.07, 6.45) is 10.4. The molecule has 0 aromatic heterocycles. The Morgan fingerprint density at radius 3 is 2.33 bits per heavy atom. The summed E-state index contributed by atoms with van der Waals surface area (Å²) < 4.78 is 0. The molecule has 18 heavy (non-hydrogen) atoms. The molecular formula is C17H24O. The molecule has 0 N–H and O–H groups in total. The van der Waals surface area contributed by atoms with Crippen molar-refractivity contribution in [2.24, 2.45) is 5.92 Å². The van der Waals surface area contributed by atoms with Crippen LogP contribution in [0.5, 0.6) is 0 Å². The predicted molar refractivity (Wildman–Crippen MR) is 75.6 cm³/mol. The first-order valence-electron chi connectivity index (χ1n) is 7.40. The van der Waals surface area contributed by atoms with Gasteiger partial charge < -0.3 is 0 Å². The lowest BCUT2D eigenvalue weighted by Crippen LogP contribution is -2.08. The summed E-state index contributed by atoms with van der Waals surface area (Å²) in [6, 6.07) is 10.3. The highest BCUT2D eigenvalue weighted by atomic mass is 16.1. The first kappa shape index (κ1) is 13.3. The third-order valence-corrected chi connectivity index (χ3v) is 4.03. The minimum absolute atomic E-state index is 0.464. The van der Waals surface area contributed by atoms with Crippen molar-refractivity contribution in [1.82, 2.24) is 0 Å². The van der Waals surface area contributed by atoms with Crippen molar-refractivity contribution in [3.8, 4) is 0 Å². The standard InChI is InChI=1S/C17H24O/c18-17(13-12-15-8-6-3-7-9-15)14-16-10-4-1-2-5-11-16/h3,6-9,16H,1-2,4-5,10-14H2. The third kappa shape index (κ3) is 4.64. The topological polar surface area (TPSA) is 17.1 Å². The smallest absolute Gasteiger partial charge is 0.133 e. The zero-order valence-corrected chi connectivity index (χ0v) is 11.2. The molecule has 0 amide bonds. The van der Waals surface area contributed by atoms with Gasteiger partial charge in [0.1, 0.15) is 5.78 Å². The monoisotopic (exact) mass is 244 g/mol. The Morgan fingerprint density at radius 2 is 1.67 bits per heavy atom. The molecule has 0 heterocycles. The normalized spacial score (nSPS) is 17.3. The van der Waals surface area contributed by atoms with Gasteiger partial charge in [-0.05, 0) is 17.9 Å². The zero-order chi connectivity index (χ0) is 12.6. The molecule has 0 atom stereocenters. The number of ketones is 1. The maximum Gasteiger partial charge on any atom is 0.133 e. The summed E-state index contributed by atoms with van der Waals surface area (Å²) in [5, 5.41) is 0. The van der Waals surface area contributed by atoms with Crippen LogP contribution < -0.4 is 0 Å². The molecule has 1 saturated carbocycles. The number of aryl methyl sites for hydroxylation is 1. The molecule has 0 bridgehead atoms. The Kier molecular flexibility index (Phi) is 5.44. The van der Waals surface area contributed by atoms with Crippen LogP contribution in [0.25, 0.3) is 0 Å². The lowest BCUT2D eigenvalue weighted by molar-refractivity contribution is -0.120. The lowest BCUT2D eigenvalue weighted by Gasteiger charge is -2.12. The summed E-state index contributed by atoms with van der Waals surface area (Å²) in [4.78, 5) is 12.0. The number of carbonyl (C=O) groups excluding carboxylic acids is 1. The van der Waals surface area contributed by atoms with Gasteiger partial charge in [0, 0.05) is 12.8 Å². The Labute approximate surface area is 111 Å². The molecule has 1 aliphatic carbocycles. The minimum atomic E-state index is 0.464. The second kappa shape index (κ2) is 7.35. The van der Waals surface area contributed by atoms with E-state index in [9.17, 15) is 4.79 Å². The van der Waals surface area contributed by atoms with Gasteiger partial charge in [-0.25, -0.2) is 0 Å². The lowest BCUT2D eigenvalue weighted by atomic mass is 9.92. The van der Waals surface area contributed by atoms with Crippen molar-refractivity contribution in [2.45, 2.75) is 57.8 Å². The highest BCUT2D eigenvalue weighted by molar-refractivity contribution is 5.78. The molecule has 0 aliphatic heterocycles. The molecule has 1 aromatic rings. The molecule has 98 valence electrons. The van der Waals surface area contributed by atoms with Crippen molar-refractivity contribution in [3.05, 3.63) is 35.9 Å². The summed E-state index contributed by atoms with van der Waals surface area (Å²) in [7, 11) is 0. The number of benzene rings is 1. The van der Waals surface area contributed by atoms with Crippen molar-refractivity contribution in [1.29, 1.82) is 0 Å². The molecule has 0 saturated heterocycles. The Bertz CT molecular complexity index is 347. The maximum absolute atomic E-state index is 12.0. The summed E-state index contributed by atoms with van der Waals surface area (Å²) in [5.41, 5.74) is 1.28. The molecule has 0 unspecified atom stereocenters. The molecule has 1 aliphatic rings. The quantitative estimate of drug-likeness (QED) is 0.694. The fraction of sp³-hybridized carbons (Fsp3) is 0.588. The predicted octanol–water partition coefficient (Wildman–Crippen LogP) is 4.55. The third-order valence-electron chi connectivity index (χ3n) is 4.03. The van der Waals surface area contributed by atoms with Gasteiger partial charge in [0.25, 0.3) is 0 Å². The van der Waals surface area contributed by atoms with E-state index in [1.54, 1.807) is 0 Å². The van der Waals surface area contributed by atoms with E-state index in [0.717, 1.165) is 19.3 Å². The number of Topliss-reactive ketones (excluding diaryl/α,β-unsaturated/α-hetero) is 1. The molecule has 1 heteroatoms. The van der Waals surface area contributed by atoms with Gasteiger partial charge in [-0.15, -0.1) is 0 Å². The maximum atomic E-state index is 12.0. The molecule has 0 spiro atoms. The van der Waals surface area contributed by atoms with Crippen LogP contribution in [0.4, 0.5) is 0 Å². The summed E-state index contributed by atoms with van der Waals surface area (Å²) in [5.74, 6) is 1.14. The molecule has 1 fully saturated rings. The van der Waals surface area contributed by atoms with E-state index in [2.05, 4.69) is 12.1 Å². The van der Waals surface area contributed by atoms with Gasteiger partial charge in [-0.3, -0.25) is 4.79 Å². The van der Waals surface area contributed by atoms with Crippen molar-refractivity contribution in [3.63, 3.8) is 0 Å². The van der Waals surface area contributed by atoms with Gasteiger partial charge in [0.2, 0.25) is 0 Å². The fourth-order valence-corrected chi connectivity index (χ4v) is 2.92. The summed E-state index contributed by atoms with van der Waals surface area (Å²) in [6.45, 7) is 0. The van der Waals surface area contributed by atoms with E-state index < -0.39 is 0 Å². The Balaban J connectivity index is 1.71. The van der Waals surface area contributed by atoms with Crippen LogP contribution in [0.1, 0.15) is 56.9 Å². The number of hydrogen-bond donors (Lipinski definition) is 0. The van der Waals surface area contributed by atoms with E-state index in [0.29, 0.717) is 11.7 Å². The van der Waals surface area contributed by atoms with Crippen LogP contribution in [0.15, 0.2) is 30.3 Å². The second-order valence-electron chi connectivity index (χ2n) is 5.59. The van der Waals surface area contributed by atoms with E-state index in [1.807, 2.05) is 18.2 Å². The number of rotatable bonds is 5. The van der Waals surface area contributed by atoms with Crippen LogP contribution >= 0.6 is 0 Å². The van der Waals surface area contributed by atoms with Crippen LogP contribution in [-0.2, 0) is 11.2 Å². The van der Waals surface area contributed by atoms with Crippen LogP contribution in [0.3, 0.4) is 0 Å². The SMILES string of the molecule is O=C(CCc1ccccc1)CC1CCCCCC1. The average molecular weight is 244 g/mol. The van der Waals surface area contributed by atoms with Gasteiger partial charge in [0.15, 0.2) is 0 Å². The first-order chi connectivity index (χ1) is 8.84. The van der Waals surface area contributed by atoms with Gasteiger partial charge in [-0.1, -0.05) is 68.9 Å². The number of hydrogen-bond acceptors (Lipinski definition) is 1. The van der Waals surface area contributed by atoms with Crippen molar-refractivity contribution < 1.29 is 4.79 Å². The van der Waals surface area contributed by atoms with Gasteiger partial charge >= 0.3 is 0 Å². The molecule has 1 aromatic carbocycles. The number of carbonyl (C=O) groups is 1. The summed E-state index contributed by atoms with van der Waals surface area (Å²) >= 11 is 0. The van der Waals surface area contributed by atoms with Crippen LogP contribution in [-0.4, -0.2) is 5.78 Å². The highest BCUT2D eigenvalue weighted by Crippen LogP contribution is 2.26. The largest absolute Gasteiger partial charge is 0.300 e. The van der Waals surface area contributed by atoms with Crippen molar-refractivity contribution >= 4 is 5.78 Å². The second-order valence-corrected chi connectivity index (χ2v) is 5.59. The zero-order valence-electron chi connectivity index (χ0n) is 11.2. The van der Waals surface area contributed by atoms with E-state index in [1.165, 1.54) is 44.1 Å². The minimum Gasteiger partial charge on any atom is -0.300 e.